The van der Waals surface area contributed by atoms with E-state index < -0.39 is 0 Å². The monoisotopic (exact) mass is 472 g/mol. The Kier molecular flexibility index (Phi) is 6.62. The molecule has 0 radical (unpaired) electrons. The molecule has 1 aliphatic rings. The summed E-state index contributed by atoms with van der Waals surface area (Å²) in [6.07, 6.45) is 7.51. The lowest BCUT2D eigenvalue weighted by atomic mass is 9.89. The van der Waals surface area contributed by atoms with Crippen molar-refractivity contribution in [2.45, 2.75) is 30.6 Å². The smallest absolute Gasteiger partial charge is 0.259 e. The summed E-state index contributed by atoms with van der Waals surface area (Å²) in [5.74, 6) is 1.12. The molecular weight excluding hydrogens is 444 g/mol. The fraction of sp³-hybridized carbons (Fsp3) is 0.269. The first-order chi connectivity index (χ1) is 16.6. The van der Waals surface area contributed by atoms with E-state index in [0.29, 0.717) is 17.1 Å². The van der Waals surface area contributed by atoms with Gasteiger partial charge in [-0.2, -0.15) is 0 Å². The van der Waals surface area contributed by atoms with Crippen molar-refractivity contribution >= 4 is 34.2 Å². The van der Waals surface area contributed by atoms with Gasteiger partial charge in [-0.05, 0) is 91.6 Å². The first kappa shape index (κ1) is 22.6. The van der Waals surface area contributed by atoms with Crippen molar-refractivity contribution in [3.05, 3.63) is 77.0 Å². The van der Waals surface area contributed by atoms with Crippen LogP contribution < -0.4 is 16.0 Å². The summed E-state index contributed by atoms with van der Waals surface area (Å²) in [7, 11) is 0. The largest absolute Gasteiger partial charge is 0.340 e. The Hall–Kier alpha value is -3.20. The summed E-state index contributed by atoms with van der Waals surface area (Å²) in [6.45, 7) is 5.67. The number of rotatable bonds is 6. The number of anilines is 2. The molecule has 0 bridgehead atoms. The number of likely N-dealkylation sites (tertiary alicyclic amines) is 1. The van der Waals surface area contributed by atoms with E-state index in [-0.39, 0.29) is 5.56 Å². The molecule has 4 heterocycles. The Morgan fingerprint density at radius 2 is 1.94 bits per heavy atom. The van der Waals surface area contributed by atoms with Gasteiger partial charge >= 0.3 is 0 Å². The second-order valence-electron chi connectivity index (χ2n) is 8.61. The number of aromatic nitrogens is 3. The number of fused-ring (bicyclic) bond motifs is 1. The van der Waals surface area contributed by atoms with Gasteiger partial charge in [-0.25, -0.2) is 4.98 Å². The molecule has 0 spiro atoms. The number of piperidine rings is 1. The second kappa shape index (κ2) is 9.97. The SMILES string of the molecule is CCN1CCC(c2ccc(Nc3nc(-c4cncc(SN)c4)cc4cc[nH]c(=O)c34)cc2)CC1. The Morgan fingerprint density at radius 3 is 2.68 bits per heavy atom. The summed E-state index contributed by atoms with van der Waals surface area (Å²) < 4.78 is 0. The van der Waals surface area contributed by atoms with Gasteiger partial charge in [0.1, 0.15) is 5.82 Å². The number of nitrogens with one attached hydrogen (secondary N) is 2. The van der Waals surface area contributed by atoms with E-state index in [4.69, 9.17) is 10.1 Å². The lowest BCUT2D eigenvalue weighted by Gasteiger charge is -2.31. The predicted molar refractivity (Wildman–Crippen MR) is 139 cm³/mol. The van der Waals surface area contributed by atoms with Gasteiger partial charge < -0.3 is 15.2 Å². The standard InChI is InChI=1S/C26H28N6OS/c1-2-32-11-8-18(9-12-32)17-3-5-21(6-4-17)30-25-24-19(7-10-29-26(24)33)14-23(31-25)20-13-22(34-27)16-28-15-20/h3-7,10,13-16,18H,2,8-9,11-12,27H2,1H3,(H,29,33)(H,30,31). The summed E-state index contributed by atoms with van der Waals surface area (Å²) >= 11 is 1.14. The average molecular weight is 473 g/mol. The van der Waals surface area contributed by atoms with E-state index in [2.05, 4.69) is 51.4 Å². The van der Waals surface area contributed by atoms with Crippen LogP contribution in [0.5, 0.6) is 0 Å². The number of hydrogen-bond donors (Lipinski definition) is 3. The third-order valence-electron chi connectivity index (χ3n) is 6.58. The molecule has 0 unspecified atom stereocenters. The Labute approximate surface area is 203 Å². The number of pyridine rings is 3. The molecule has 1 aliphatic heterocycles. The number of hydrogen-bond acceptors (Lipinski definition) is 7. The molecule has 7 nitrogen and oxygen atoms in total. The van der Waals surface area contributed by atoms with Crippen LogP contribution in [0.1, 0.15) is 31.2 Å². The van der Waals surface area contributed by atoms with Crippen molar-refractivity contribution in [3.8, 4) is 11.3 Å². The van der Waals surface area contributed by atoms with Gasteiger partial charge in [0.25, 0.3) is 5.56 Å². The zero-order chi connectivity index (χ0) is 23.5. The van der Waals surface area contributed by atoms with Crippen molar-refractivity contribution in [1.29, 1.82) is 0 Å². The average Bonchev–Trinajstić information content (AvgIpc) is 2.89. The summed E-state index contributed by atoms with van der Waals surface area (Å²) in [5.41, 5.74) is 3.65. The van der Waals surface area contributed by atoms with E-state index in [1.807, 2.05) is 18.2 Å². The first-order valence-corrected chi connectivity index (χ1v) is 12.5. The normalized spacial score (nSPS) is 15.0. The highest BCUT2D eigenvalue weighted by Crippen LogP contribution is 2.31. The summed E-state index contributed by atoms with van der Waals surface area (Å²) in [4.78, 5) is 27.9. The zero-order valence-corrected chi connectivity index (χ0v) is 19.9. The number of H-pyrrole nitrogens is 1. The van der Waals surface area contributed by atoms with Gasteiger partial charge in [-0.1, -0.05) is 19.1 Å². The second-order valence-corrected chi connectivity index (χ2v) is 9.32. The molecule has 4 aromatic rings. The molecule has 0 aliphatic carbocycles. The van der Waals surface area contributed by atoms with Gasteiger partial charge in [0, 0.05) is 34.7 Å². The number of aromatic amines is 1. The highest BCUT2D eigenvalue weighted by atomic mass is 32.2. The maximum absolute atomic E-state index is 12.7. The third-order valence-corrected chi connectivity index (χ3v) is 7.07. The maximum Gasteiger partial charge on any atom is 0.259 e. The van der Waals surface area contributed by atoms with Crippen LogP contribution in [-0.4, -0.2) is 39.5 Å². The highest BCUT2D eigenvalue weighted by Gasteiger charge is 2.19. The van der Waals surface area contributed by atoms with Gasteiger partial charge in [0.05, 0.1) is 11.1 Å². The molecule has 4 N–H and O–H groups in total. The van der Waals surface area contributed by atoms with E-state index in [1.54, 1.807) is 18.6 Å². The van der Waals surface area contributed by atoms with Crippen molar-refractivity contribution < 1.29 is 0 Å². The van der Waals surface area contributed by atoms with E-state index in [9.17, 15) is 4.79 Å². The molecule has 0 amide bonds. The van der Waals surface area contributed by atoms with Crippen LogP contribution in [0.15, 0.2) is 70.7 Å². The van der Waals surface area contributed by atoms with E-state index >= 15 is 0 Å². The Balaban J connectivity index is 1.46. The lowest BCUT2D eigenvalue weighted by molar-refractivity contribution is 0.222. The quantitative estimate of drug-likeness (QED) is 0.343. The molecule has 3 aromatic heterocycles. The van der Waals surface area contributed by atoms with Crippen LogP contribution >= 0.6 is 11.9 Å². The van der Waals surface area contributed by atoms with Gasteiger partial charge in [0.2, 0.25) is 0 Å². The third kappa shape index (κ3) is 4.70. The van der Waals surface area contributed by atoms with Crippen LogP contribution in [0.2, 0.25) is 0 Å². The van der Waals surface area contributed by atoms with Crippen molar-refractivity contribution in [2.24, 2.45) is 5.14 Å². The van der Waals surface area contributed by atoms with Crippen LogP contribution in [0, 0.1) is 0 Å². The molecule has 1 saturated heterocycles. The van der Waals surface area contributed by atoms with Crippen LogP contribution in [0.25, 0.3) is 22.0 Å². The topological polar surface area (TPSA) is 99.9 Å². The minimum atomic E-state index is -0.178. The molecule has 5 rings (SSSR count). The predicted octanol–water partition coefficient (Wildman–Crippen LogP) is 4.89. The number of nitrogens with two attached hydrogens (primary N) is 1. The van der Waals surface area contributed by atoms with E-state index in [1.165, 1.54) is 18.4 Å². The van der Waals surface area contributed by atoms with Crippen LogP contribution in [0.3, 0.4) is 0 Å². The van der Waals surface area contributed by atoms with Gasteiger partial charge in [0.15, 0.2) is 0 Å². The Morgan fingerprint density at radius 1 is 1.15 bits per heavy atom. The van der Waals surface area contributed by atoms with Crippen LogP contribution in [0.4, 0.5) is 11.5 Å². The lowest BCUT2D eigenvalue weighted by Crippen LogP contribution is -2.32. The van der Waals surface area contributed by atoms with Crippen molar-refractivity contribution in [1.82, 2.24) is 19.9 Å². The fourth-order valence-electron chi connectivity index (χ4n) is 4.63. The van der Waals surface area contributed by atoms with Crippen LogP contribution in [-0.2, 0) is 0 Å². The summed E-state index contributed by atoms with van der Waals surface area (Å²) in [6, 6.07) is 14.3. The molecular formula is C26H28N6OS. The van der Waals surface area contributed by atoms with E-state index in [0.717, 1.165) is 58.8 Å². The molecule has 8 heteroatoms. The Bertz CT molecular complexity index is 1350. The molecule has 1 aromatic carbocycles. The minimum Gasteiger partial charge on any atom is -0.340 e. The maximum atomic E-state index is 12.7. The molecule has 0 atom stereocenters. The fourth-order valence-corrected chi connectivity index (χ4v) is 4.95. The molecule has 174 valence electrons. The van der Waals surface area contributed by atoms with Crippen molar-refractivity contribution in [3.63, 3.8) is 0 Å². The van der Waals surface area contributed by atoms with Crippen molar-refractivity contribution in [2.75, 3.05) is 25.0 Å². The number of nitrogens with zero attached hydrogens (tertiary/aromatic N) is 3. The van der Waals surface area contributed by atoms with Gasteiger partial charge in [-0.15, -0.1) is 0 Å². The van der Waals surface area contributed by atoms with Gasteiger partial charge in [-0.3, -0.25) is 14.9 Å². The molecule has 1 fully saturated rings. The highest BCUT2D eigenvalue weighted by molar-refractivity contribution is 7.97. The number of benzene rings is 1. The first-order valence-electron chi connectivity index (χ1n) is 11.6. The zero-order valence-electron chi connectivity index (χ0n) is 19.1. The molecule has 34 heavy (non-hydrogen) atoms. The summed E-state index contributed by atoms with van der Waals surface area (Å²) in [5, 5.41) is 10.4. The minimum absolute atomic E-state index is 0.178. The molecule has 0 saturated carbocycles.